The van der Waals surface area contributed by atoms with Gasteiger partial charge in [-0.15, -0.1) is 0 Å². The van der Waals surface area contributed by atoms with E-state index in [0.29, 0.717) is 28.5 Å². The lowest BCUT2D eigenvalue weighted by Gasteiger charge is -2.33. The smallest absolute Gasteiger partial charge is 0.260 e. The Morgan fingerprint density at radius 3 is 2.79 bits per heavy atom. The Morgan fingerprint density at radius 1 is 1.33 bits per heavy atom. The lowest BCUT2D eigenvalue weighted by molar-refractivity contribution is -0.128. The Bertz CT molecular complexity index is 770. The average molecular weight is 366 g/mol. The summed E-state index contributed by atoms with van der Waals surface area (Å²) < 4.78 is 5.60. The Balaban J connectivity index is 2.00. The van der Waals surface area contributed by atoms with Gasteiger partial charge in [-0.3, -0.25) is 9.59 Å². The molecule has 1 aliphatic carbocycles. The molecule has 1 heterocycles. The van der Waals surface area contributed by atoms with E-state index in [2.05, 4.69) is 6.58 Å². The average Bonchev–Trinajstić information content (AvgIpc) is 2.54. The third-order valence-electron chi connectivity index (χ3n) is 4.10. The third-order valence-corrected chi connectivity index (χ3v) is 4.69. The van der Waals surface area contributed by atoms with Gasteiger partial charge >= 0.3 is 0 Å². The number of fused-ring (bicyclic) bond motifs is 1. The maximum Gasteiger partial charge on any atom is 0.260 e. The van der Waals surface area contributed by atoms with E-state index >= 15 is 0 Å². The van der Waals surface area contributed by atoms with E-state index < -0.39 is 0 Å². The zero-order valence-corrected chi connectivity index (χ0v) is 14.8. The number of imide groups is 1. The number of rotatable bonds is 4. The second kappa shape index (κ2) is 6.61. The standard InChI is InChI=1S/C18H17Cl2NO3/c1-10(2)9-24-16-8-15(13(19)7-14(16)20)21-17(22)11-4-3-5-12(6-11)18(21)23/h6-8,11H,1,3-5,9H2,2H3. The highest BCUT2D eigenvalue weighted by Gasteiger charge is 2.39. The molecule has 0 N–H and O–H groups in total. The minimum absolute atomic E-state index is 0.241. The van der Waals surface area contributed by atoms with Gasteiger partial charge in [0.15, 0.2) is 0 Å². The summed E-state index contributed by atoms with van der Waals surface area (Å²) in [5.74, 6) is -0.466. The highest BCUT2D eigenvalue weighted by molar-refractivity contribution is 6.39. The van der Waals surface area contributed by atoms with Crippen LogP contribution in [0, 0.1) is 5.92 Å². The van der Waals surface area contributed by atoms with Crippen LogP contribution in [-0.2, 0) is 9.59 Å². The largest absolute Gasteiger partial charge is 0.488 e. The molecule has 0 radical (unpaired) electrons. The SMILES string of the molecule is C=C(C)COc1cc(N2C(=O)C3=CC(CCC3)C2=O)c(Cl)cc1Cl. The summed E-state index contributed by atoms with van der Waals surface area (Å²) in [5, 5.41) is 0.561. The molecule has 0 spiro atoms. The minimum Gasteiger partial charge on any atom is -0.488 e. The summed E-state index contributed by atoms with van der Waals surface area (Å²) in [6.07, 6.45) is 4.07. The maximum absolute atomic E-state index is 12.7. The Morgan fingerprint density at radius 2 is 2.08 bits per heavy atom. The van der Waals surface area contributed by atoms with Gasteiger partial charge < -0.3 is 4.74 Å². The first-order valence-corrected chi connectivity index (χ1v) is 8.49. The van der Waals surface area contributed by atoms with Crippen LogP contribution in [-0.4, -0.2) is 18.4 Å². The van der Waals surface area contributed by atoms with E-state index in [0.717, 1.165) is 23.3 Å². The van der Waals surface area contributed by atoms with Gasteiger partial charge in [0.25, 0.3) is 5.91 Å². The van der Waals surface area contributed by atoms with E-state index in [1.165, 1.54) is 6.07 Å². The number of halogens is 2. The van der Waals surface area contributed by atoms with Crippen LogP contribution in [0.5, 0.6) is 5.75 Å². The molecule has 1 aliphatic heterocycles. The van der Waals surface area contributed by atoms with Crippen LogP contribution in [0.15, 0.2) is 35.9 Å². The fourth-order valence-electron chi connectivity index (χ4n) is 2.93. The van der Waals surface area contributed by atoms with E-state index in [4.69, 9.17) is 27.9 Å². The van der Waals surface area contributed by atoms with Crippen molar-refractivity contribution in [2.45, 2.75) is 26.2 Å². The monoisotopic (exact) mass is 365 g/mol. The van der Waals surface area contributed by atoms with Crippen LogP contribution in [0.1, 0.15) is 26.2 Å². The highest BCUT2D eigenvalue weighted by atomic mass is 35.5. The van der Waals surface area contributed by atoms with Gasteiger partial charge in [-0.25, -0.2) is 4.90 Å². The molecule has 2 aliphatic rings. The normalized spacial score (nSPS) is 20.0. The maximum atomic E-state index is 12.7. The van der Waals surface area contributed by atoms with Crippen LogP contribution >= 0.6 is 23.2 Å². The summed E-state index contributed by atoms with van der Waals surface area (Å²) in [5.41, 5.74) is 1.80. The van der Waals surface area contributed by atoms with Gasteiger partial charge in [-0.2, -0.15) is 0 Å². The van der Waals surface area contributed by atoms with Crippen molar-refractivity contribution >= 4 is 40.7 Å². The van der Waals surface area contributed by atoms with E-state index in [1.54, 1.807) is 12.1 Å². The van der Waals surface area contributed by atoms with Crippen molar-refractivity contribution in [2.24, 2.45) is 5.92 Å². The number of hydrogen-bond donors (Lipinski definition) is 0. The molecular formula is C18H17Cl2NO3. The Hall–Kier alpha value is -1.78. The van der Waals surface area contributed by atoms with Crippen LogP contribution in [0.25, 0.3) is 0 Å². The molecule has 1 unspecified atom stereocenters. The first-order valence-electron chi connectivity index (χ1n) is 7.73. The van der Waals surface area contributed by atoms with Crippen molar-refractivity contribution in [3.63, 3.8) is 0 Å². The second-order valence-corrected chi connectivity index (χ2v) is 6.96. The van der Waals surface area contributed by atoms with Gasteiger partial charge in [-0.1, -0.05) is 35.9 Å². The molecule has 0 aromatic heterocycles. The number of hydrogen-bond acceptors (Lipinski definition) is 3. The molecule has 4 nitrogen and oxygen atoms in total. The molecule has 1 aromatic rings. The molecule has 0 saturated carbocycles. The Kier molecular flexibility index (Phi) is 4.70. The molecule has 126 valence electrons. The van der Waals surface area contributed by atoms with E-state index in [9.17, 15) is 9.59 Å². The molecule has 3 rings (SSSR count). The quantitative estimate of drug-likeness (QED) is 0.580. The summed E-state index contributed by atoms with van der Waals surface area (Å²) in [6.45, 7) is 5.89. The highest BCUT2D eigenvalue weighted by Crippen LogP contribution is 2.40. The summed E-state index contributed by atoms with van der Waals surface area (Å²) in [4.78, 5) is 26.5. The summed E-state index contributed by atoms with van der Waals surface area (Å²) in [6, 6.07) is 3.04. The van der Waals surface area contributed by atoms with Crippen molar-refractivity contribution in [3.05, 3.63) is 46.0 Å². The Labute approximate surface area is 150 Å². The van der Waals surface area contributed by atoms with Gasteiger partial charge in [0.2, 0.25) is 5.91 Å². The molecule has 24 heavy (non-hydrogen) atoms. The van der Waals surface area contributed by atoms with Crippen LogP contribution in [0.3, 0.4) is 0 Å². The molecule has 0 saturated heterocycles. The van der Waals surface area contributed by atoms with Gasteiger partial charge in [0.05, 0.1) is 21.7 Å². The summed E-state index contributed by atoms with van der Waals surface area (Å²) in [7, 11) is 0. The number of anilines is 1. The number of carbonyl (C=O) groups is 2. The van der Waals surface area contributed by atoms with Crippen LogP contribution < -0.4 is 9.64 Å². The first kappa shape index (κ1) is 17.1. The molecule has 1 atom stereocenters. The fourth-order valence-corrected chi connectivity index (χ4v) is 3.46. The van der Waals surface area contributed by atoms with E-state index in [1.807, 2.05) is 6.92 Å². The fraction of sp³-hybridized carbons (Fsp3) is 0.333. The molecule has 0 fully saturated rings. The number of amides is 2. The molecule has 2 bridgehead atoms. The molecule has 1 aromatic carbocycles. The number of nitrogens with zero attached hydrogens (tertiary/aromatic N) is 1. The zero-order valence-electron chi connectivity index (χ0n) is 13.3. The lowest BCUT2D eigenvalue weighted by atomic mass is 9.85. The number of carbonyl (C=O) groups excluding carboxylic acids is 2. The predicted octanol–water partition coefficient (Wildman–Crippen LogP) is 4.55. The van der Waals surface area contributed by atoms with Crippen LogP contribution in [0.4, 0.5) is 5.69 Å². The van der Waals surface area contributed by atoms with Crippen molar-refractivity contribution in [2.75, 3.05) is 11.5 Å². The van der Waals surface area contributed by atoms with Crippen molar-refractivity contribution in [1.82, 2.24) is 0 Å². The predicted molar refractivity (Wildman–Crippen MR) is 94.7 cm³/mol. The molecule has 2 amide bonds. The van der Waals surface area contributed by atoms with Gasteiger partial charge in [0, 0.05) is 11.6 Å². The topological polar surface area (TPSA) is 46.6 Å². The minimum atomic E-state index is -0.314. The van der Waals surface area contributed by atoms with Gasteiger partial charge in [0.1, 0.15) is 12.4 Å². The molecule has 6 heteroatoms. The van der Waals surface area contributed by atoms with Crippen molar-refractivity contribution in [3.8, 4) is 5.75 Å². The number of benzene rings is 1. The van der Waals surface area contributed by atoms with Crippen LogP contribution in [0.2, 0.25) is 10.0 Å². The summed E-state index contributed by atoms with van der Waals surface area (Å²) >= 11 is 12.4. The third kappa shape index (κ3) is 3.08. The number of ether oxygens (including phenoxy) is 1. The molecular weight excluding hydrogens is 349 g/mol. The second-order valence-electron chi connectivity index (χ2n) is 6.15. The van der Waals surface area contributed by atoms with E-state index in [-0.39, 0.29) is 29.4 Å². The zero-order chi connectivity index (χ0) is 17.4. The van der Waals surface area contributed by atoms with Gasteiger partial charge in [-0.05, 0) is 37.8 Å². The first-order chi connectivity index (χ1) is 11.4. The van der Waals surface area contributed by atoms with Crippen molar-refractivity contribution in [1.29, 1.82) is 0 Å². The lowest BCUT2D eigenvalue weighted by Crippen LogP contribution is -2.46. The van der Waals surface area contributed by atoms with Crippen molar-refractivity contribution < 1.29 is 14.3 Å².